The molecule has 2 saturated carbocycles. The van der Waals surface area contributed by atoms with E-state index in [1.807, 2.05) is 0 Å². The molecular weight excluding hydrogens is 232 g/mol. The molecule has 19 heavy (non-hydrogen) atoms. The Morgan fingerprint density at radius 2 is 1.58 bits per heavy atom. The maximum Gasteiger partial charge on any atom is 0.0309 e. The lowest BCUT2D eigenvalue weighted by atomic mass is 9.78. The van der Waals surface area contributed by atoms with Crippen LogP contribution in [0, 0.1) is 11.8 Å². The van der Waals surface area contributed by atoms with Crippen LogP contribution in [0.4, 0.5) is 0 Å². The van der Waals surface area contributed by atoms with Crippen LogP contribution in [0.2, 0.25) is 0 Å². The van der Waals surface area contributed by atoms with E-state index in [1.165, 1.54) is 58.0 Å². The molecule has 1 heterocycles. The average molecular weight is 264 g/mol. The van der Waals surface area contributed by atoms with E-state index >= 15 is 0 Å². The molecule has 3 atom stereocenters. The van der Waals surface area contributed by atoms with Gasteiger partial charge in [-0.15, -0.1) is 0 Å². The minimum absolute atomic E-state index is 0.483. The number of hydrogen-bond acceptors (Lipinski definition) is 2. The summed E-state index contributed by atoms with van der Waals surface area (Å²) < 4.78 is 0. The van der Waals surface area contributed by atoms with Crippen LogP contribution in [0.1, 0.15) is 65.7 Å². The fraction of sp³-hybridized carbons (Fsp3) is 1.00. The largest absolute Gasteiger partial charge is 0.308 e. The molecule has 2 nitrogen and oxygen atoms in total. The lowest BCUT2D eigenvalue weighted by Crippen LogP contribution is -2.65. The van der Waals surface area contributed by atoms with Crippen molar-refractivity contribution in [1.29, 1.82) is 0 Å². The van der Waals surface area contributed by atoms with Crippen LogP contribution in [0.15, 0.2) is 0 Å². The molecule has 1 aliphatic heterocycles. The van der Waals surface area contributed by atoms with Crippen LogP contribution in [0.5, 0.6) is 0 Å². The van der Waals surface area contributed by atoms with Gasteiger partial charge < -0.3 is 5.32 Å². The molecule has 1 spiro atoms. The molecule has 3 fully saturated rings. The Morgan fingerprint density at radius 3 is 2.21 bits per heavy atom. The molecule has 1 saturated heterocycles. The first-order valence-corrected chi connectivity index (χ1v) is 8.59. The first-order valence-electron chi connectivity index (χ1n) is 8.59. The van der Waals surface area contributed by atoms with Crippen molar-refractivity contribution >= 4 is 0 Å². The van der Waals surface area contributed by atoms with Gasteiger partial charge in [-0.1, -0.05) is 26.7 Å². The Bertz CT molecular complexity index is 298. The number of hydrogen-bond donors (Lipinski definition) is 1. The number of piperazine rings is 1. The molecular formula is C17H32N2. The van der Waals surface area contributed by atoms with E-state index < -0.39 is 0 Å². The molecule has 0 aromatic heterocycles. The number of nitrogens with zero attached hydrogens (tertiary/aromatic N) is 1. The highest BCUT2D eigenvalue weighted by Crippen LogP contribution is 2.38. The summed E-state index contributed by atoms with van der Waals surface area (Å²) in [5, 5.41) is 3.89. The zero-order valence-electron chi connectivity index (χ0n) is 13.1. The van der Waals surface area contributed by atoms with Gasteiger partial charge in [-0.3, -0.25) is 4.90 Å². The summed E-state index contributed by atoms with van der Waals surface area (Å²) in [5.74, 6) is 1.85. The van der Waals surface area contributed by atoms with Gasteiger partial charge in [0.2, 0.25) is 0 Å². The summed E-state index contributed by atoms with van der Waals surface area (Å²) in [6.45, 7) is 9.87. The van der Waals surface area contributed by atoms with Gasteiger partial charge in [0, 0.05) is 30.7 Å². The third kappa shape index (κ3) is 2.85. The maximum atomic E-state index is 3.89. The van der Waals surface area contributed by atoms with Crippen molar-refractivity contribution in [1.82, 2.24) is 10.2 Å². The Kier molecular flexibility index (Phi) is 3.92. The number of nitrogens with one attached hydrogen (secondary N) is 1. The third-order valence-electron chi connectivity index (χ3n) is 6.01. The first-order chi connectivity index (χ1) is 9.08. The summed E-state index contributed by atoms with van der Waals surface area (Å²) in [6.07, 6.45) is 10.0. The monoisotopic (exact) mass is 264 g/mol. The van der Waals surface area contributed by atoms with Crippen LogP contribution in [0.3, 0.4) is 0 Å². The lowest BCUT2D eigenvalue weighted by molar-refractivity contribution is 0.0175. The fourth-order valence-electron chi connectivity index (χ4n) is 5.09. The topological polar surface area (TPSA) is 15.3 Å². The molecule has 3 unspecified atom stereocenters. The molecule has 0 radical (unpaired) electrons. The molecule has 110 valence electrons. The fourth-order valence-corrected chi connectivity index (χ4v) is 5.09. The molecule has 0 amide bonds. The zero-order chi connectivity index (χ0) is 13.5. The second kappa shape index (κ2) is 5.37. The van der Waals surface area contributed by atoms with Crippen molar-refractivity contribution in [3.05, 3.63) is 0 Å². The van der Waals surface area contributed by atoms with E-state index in [1.54, 1.807) is 0 Å². The van der Waals surface area contributed by atoms with Crippen LogP contribution in [-0.2, 0) is 0 Å². The molecule has 2 aliphatic carbocycles. The van der Waals surface area contributed by atoms with Gasteiger partial charge in [-0.2, -0.15) is 0 Å². The SMILES string of the molecule is CC1CC(C)CC(N2CC3(CCCC3)NCC2C)C1. The van der Waals surface area contributed by atoms with E-state index in [0.29, 0.717) is 5.54 Å². The van der Waals surface area contributed by atoms with Gasteiger partial charge in [-0.25, -0.2) is 0 Å². The Morgan fingerprint density at radius 1 is 0.947 bits per heavy atom. The van der Waals surface area contributed by atoms with Crippen molar-refractivity contribution in [3.8, 4) is 0 Å². The van der Waals surface area contributed by atoms with Gasteiger partial charge in [-0.05, 0) is 50.9 Å². The number of rotatable bonds is 1. The van der Waals surface area contributed by atoms with E-state index in [-0.39, 0.29) is 0 Å². The Balaban J connectivity index is 1.70. The van der Waals surface area contributed by atoms with E-state index in [0.717, 1.165) is 23.9 Å². The molecule has 3 aliphatic rings. The van der Waals surface area contributed by atoms with Crippen molar-refractivity contribution < 1.29 is 0 Å². The smallest absolute Gasteiger partial charge is 0.0309 e. The third-order valence-corrected chi connectivity index (χ3v) is 6.01. The lowest BCUT2D eigenvalue weighted by Gasteiger charge is -2.50. The van der Waals surface area contributed by atoms with E-state index in [9.17, 15) is 0 Å². The standard InChI is InChI=1S/C17H32N2/c1-13-8-14(2)10-16(9-13)19-12-17(6-4-5-7-17)18-11-15(19)3/h13-16,18H,4-12H2,1-3H3. The van der Waals surface area contributed by atoms with Crippen molar-refractivity contribution in [2.45, 2.75) is 83.3 Å². The minimum atomic E-state index is 0.483. The van der Waals surface area contributed by atoms with E-state index in [2.05, 4.69) is 31.0 Å². The van der Waals surface area contributed by atoms with Gasteiger partial charge >= 0.3 is 0 Å². The highest BCUT2D eigenvalue weighted by molar-refractivity contribution is 5.02. The second-order valence-corrected chi connectivity index (χ2v) is 7.96. The van der Waals surface area contributed by atoms with Crippen LogP contribution >= 0.6 is 0 Å². The predicted octanol–water partition coefficient (Wildman–Crippen LogP) is 3.42. The van der Waals surface area contributed by atoms with Gasteiger partial charge in [0.05, 0.1) is 0 Å². The van der Waals surface area contributed by atoms with Crippen LogP contribution in [0.25, 0.3) is 0 Å². The summed E-state index contributed by atoms with van der Waals surface area (Å²) in [6, 6.07) is 1.59. The summed E-state index contributed by atoms with van der Waals surface area (Å²) in [5.41, 5.74) is 0.483. The minimum Gasteiger partial charge on any atom is -0.308 e. The first kappa shape index (κ1) is 13.9. The Labute approximate surface area is 119 Å². The molecule has 3 rings (SSSR count). The highest BCUT2D eigenvalue weighted by Gasteiger charge is 2.42. The van der Waals surface area contributed by atoms with Crippen molar-refractivity contribution in [2.24, 2.45) is 11.8 Å². The molecule has 0 aromatic rings. The second-order valence-electron chi connectivity index (χ2n) is 7.96. The van der Waals surface area contributed by atoms with Crippen molar-refractivity contribution in [3.63, 3.8) is 0 Å². The summed E-state index contributed by atoms with van der Waals surface area (Å²) in [4.78, 5) is 2.88. The molecule has 0 bridgehead atoms. The van der Waals surface area contributed by atoms with Gasteiger partial charge in [0.1, 0.15) is 0 Å². The normalized spacial score (nSPS) is 43.7. The molecule has 0 aromatic carbocycles. The van der Waals surface area contributed by atoms with Crippen LogP contribution in [-0.4, -0.2) is 35.6 Å². The van der Waals surface area contributed by atoms with Crippen LogP contribution < -0.4 is 5.32 Å². The summed E-state index contributed by atoms with van der Waals surface area (Å²) in [7, 11) is 0. The summed E-state index contributed by atoms with van der Waals surface area (Å²) >= 11 is 0. The zero-order valence-corrected chi connectivity index (χ0v) is 13.1. The van der Waals surface area contributed by atoms with Gasteiger partial charge in [0.15, 0.2) is 0 Å². The van der Waals surface area contributed by atoms with Crippen molar-refractivity contribution in [2.75, 3.05) is 13.1 Å². The maximum absolute atomic E-state index is 3.89. The highest BCUT2D eigenvalue weighted by atomic mass is 15.3. The van der Waals surface area contributed by atoms with Gasteiger partial charge in [0.25, 0.3) is 0 Å². The quantitative estimate of drug-likeness (QED) is 0.781. The Hall–Kier alpha value is -0.0800. The average Bonchev–Trinajstić information content (AvgIpc) is 2.80. The molecule has 2 heteroatoms. The molecule has 1 N–H and O–H groups in total. The predicted molar refractivity (Wildman–Crippen MR) is 81.3 cm³/mol. The van der Waals surface area contributed by atoms with E-state index in [4.69, 9.17) is 0 Å².